The quantitative estimate of drug-likeness (QED) is 0.151. The van der Waals surface area contributed by atoms with Gasteiger partial charge in [0, 0.05) is 33.3 Å². The van der Waals surface area contributed by atoms with Gasteiger partial charge in [0.15, 0.2) is 5.65 Å². The molecule has 0 atom stereocenters. The van der Waals surface area contributed by atoms with Crippen molar-refractivity contribution in [3.63, 3.8) is 0 Å². The summed E-state index contributed by atoms with van der Waals surface area (Å²) in [6, 6.07) is 17.8. The number of aromatic nitrogens is 3. The molecule has 5 rings (SSSR count). The number of halogens is 5. The number of hydrogen-bond acceptors (Lipinski definition) is 5. The van der Waals surface area contributed by atoms with Crippen molar-refractivity contribution in [1.82, 2.24) is 14.8 Å². The summed E-state index contributed by atoms with van der Waals surface area (Å²) in [7, 11) is 0. The molecule has 0 aliphatic rings. The van der Waals surface area contributed by atoms with Gasteiger partial charge >= 0.3 is 6.18 Å². The first-order valence-corrected chi connectivity index (χ1v) is 12.2. The number of alkyl halides is 3. The van der Waals surface area contributed by atoms with E-state index in [1.165, 1.54) is 35.9 Å². The second-order valence-electron chi connectivity index (χ2n) is 8.57. The fourth-order valence-electron chi connectivity index (χ4n) is 4.08. The highest BCUT2D eigenvalue weighted by Gasteiger charge is 2.36. The third kappa shape index (κ3) is 5.39. The molecule has 0 spiro atoms. The van der Waals surface area contributed by atoms with Gasteiger partial charge in [-0.05, 0) is 61.5 Å². The summed E-state index contributed by atoms with van der Waals surface area (Å²) in [6.07, 6.45) is -4.68. The van der Waals surface area contributed by atoms with Crippen LogP contribution in [0.4, 0.5) is 18.9 Å². The fourth-order valence-corrected chi connectivity index (χ4v) is 4.54. The summed E-state index contributed by atoms with van der Waals surface area (Å²) >= 11 is 12.1. The SMILES string of the molecule is Cc1nn(-c2ccc([N+](=O)[O-])cc2)c2nc(-c3ccc(OCc4ccc(Cl)cc4Cl)cc3)cc(C(F)(F)F)c12. The van der Waals surface area contributed by atoms with E-state index in [0.717, 1.165) is 11.6 Å². The van der Waals surface area contributed by atoms with Crippen LogP contribution in [0.15, 0.2) is 72.8 Å². The maximum absolute atomic E-state index is 14.2. The van der Waals surface area contributed by atoms with Gasteiger partial charge in [-0.3, -0.25) is 10.1 Å². The average Bonchev–Trinajstić information content (AvgIpc) is 3.23. The Balaban J connectivity index is 1.53. The van der Waals surface area contributed by atoms with Gasteiger partial charge in [-0.1, -0.05) is 29.3 Å². The van der Waals surface area contributed by atoms with E-state index in [1.807, 2.05) is 0 Å². The number of non-ortho nitro benzene ring substituents is 1. The second kappa shape index (κ2) is 10.2. The molecule has 0 saturated heterocycles. The highest BCUT2D eigenvalue weighted by molar-refractivity contribution is 6.35. The first-order valence-electron chi connectivity index (χ1n) is 11.4. The molecule has 3 aromatic carbocycles. The molecule has 198 valence electrons. The molecule has 2 aromatic heterocycles. The van der Waals surface area contributed by atoms with Crippen molar-refractivity contribution < 1.29 is 22.8 Å². The summed E-state index contributed by atoms with van der Waals surface area (Å²) in [4.78, 5) is 15.0. The Morgan fingerprint density at radius 2 is 1.69 bits per heavy atom. The van der Waals surface area contributed by atoms with E-state index in [2.05, 4.69) is 10.1 Å². The lowest BCUT2D eigenvalue weighted by molar-refractivity contribution is -0.384. The molecular weight excluding hydrogens is 556 g/mol. The minimum Gasteiger partial charge on any atom is -0.489 e. The molecule has 0 radical (unpaired) electrons. The monoisotopic (exact) mass is 572 g/mol. The molecule has 0 aliphatic carbocycles. The second-order valence-corrected chi connectivity index (χ2v) is 9.41. The van der Waals surface area contributed by atoms with E-state index in [0.29, 0.717) is 27.0 Å². The van der Waals surface area contributed by atoms with Crippen molar-refractivity contribution in [1.29, 1.82) is 0 Å². The third-order valence-corrected chi connectivity index (χ3v) is 6.57. The zero-order chi connectivity index (χ0) is 27.9. The summed E-state index contributed by atoms with van der Waals surface area (Å²) in [5.41, 5.74) is 0.618. The maximum Gasteiger partial charge on any atom is 0.417 e. The van der Waals surface area contributed by atoms with Gasteiger partial charge in [-0.2, -0.15) is 18.3 Å². The molecule has 12 heteroatoms. The van der Waals surface area contributed by atoms with E-state index < -0.39 is 16.7 Å². The van der Waals surface area contributed by atoms with E-state index in [9.17, 15) is 23.3 Å². The average molecular weight is 573 g/mol. The number of fused-ring (bicyclic) bond motifs is 1. The first-order chi connectivity index (χ1) is 18.5. The lowest BCUT2D eigenvalue weighted by Crippen LogP contribution is -2.08. The molecule has 0 bridgehead atoms. The van der Waals surface area contributed by atoms with Gasteiger partial charge in [0.05, 0.1) is 32.9 Å². The van der Waals surface area contributed by atoms with E-state index in [-0.39, 0.29) is 34.7 Å². The first kappa shape index (κ1) is 26.5. The van der Waals surface area contributed by atoms with Crippen molar-refractivity contribution in [2.24, 2.45) is 0 Å². The summed E-state index contributed by atoms with van der Waals surface area (Å²) < 4.78 is 49.5. The summed E-state index contributed by atoms with van der Waals surface area (Å²) in [5, 5.41) is 16.1. The lowest BCUT2D eigenvalue weighted by Gasteiger charge is -2.12. The molecule has 0 saturated carbocycles. The predicted molar refractivity (Wildman–Crippen MR) is 141 cm³/mol. The zero-order valence-corrected chi connectivity index (χ0v) is 21.6. The molecule has 0 aliphatic heterocycles. The highest BCUT2D eigenvalue weighted by Crippen LogP contribution is 2.39. The van der Waals surface area contributed by atoms with Crippen molar-refractivity contribution in [3.05, 3.63) is 110 Å². The molecule has 0 unspecified atom stereocenters. The van der Waals surface area contributed by atoms with Crippen LogP contribution in [0.1, 0.15) is 16.8 Å². The minimum atomic E-state index is -4.68. The summed E-state index contributed by atoms with van der Waals surface area (Å²) in [5.74, 6) is 0.480. The van der Waals surface area contributed by atoms with E-state index in [1.54, 1.807) is 42.5 Å². The molecule has 5 aromatic rings. The molecule has 7 nitrogen and oxygen atoms in total. The van der Waals surface area contributed by atoms with Crippen LogP contribution in [-0.2, 0) is 12.8 Å². The fraction of sp³-hybridized carbons (Fsp3) is 0.111. The molecule has 39 heavy (non-hydrogen) atoms. The standard InChI is InChI=1S/C27H17Cl2F3N4O3/c1-15-25-22(27(30,31)32)13-24(33-26(25)35(34-15)19-6-8-20(9-7-19)36(37)38)16-3-10-21(11-4-16)39-14-17-2-5-18(28)12-23(17)29/h2-13H,14H2,1H3. The van der Waals surface area contributed by atoms with Crippen LogP contribution in [0.25, 0.3) is 28.0 Å². The minimum absolute atomic E-state index is 0.0242. The Hall–Kier alpha value is -4.15. The van der Waals surface area contributed by atoms with Crippen LogP contribution in [-0.4, -0.2) is 19.7 Å². The van der Waals surface area contributed by atoms with E-state index >= 15 is 0 Å². The van der Waals surface area contributed by atoms with Gasteiger partial charge in [-0.15, -0.1) is 0 Å². The molecule has 2 heterocycles. The van der Waals surface area contributed by atoms with Gasteiger partial charge in [0.2, 0.25) is 0 Å². The molecule has 0 amide bonds. The number of aryl methyl sites for hydroxylation is 1. The van der Waals surface area contributed by atoms with Crippen molar-refractivity contribution in [2.45, 2.75) is 19.7 Å². The van der Waals surface area contributed by atoms with Crippen LogP contribution in [0.5, 0.6) is 5.75 Å². The predicted octanol–water partition coefficient (Wildman–Crippen LogP) is 8.21. The topological polar surface area (TPSA) is 83.1 Å². The van der Waals surface area contributed by atoms with Gasteiger partial charge in [0.25, 0.3) is 5.69 Å². The van der Waals surface area contributed by atoms with Crippen LogP contribution >= 0.6 is 23.2 Å². The molecule has 0 fully saturated rings. The van der Waals surface area contributed by atoms with Gasteiger partial charge < -0.3 is 4.74 Å². The lowest BCUT2D eigenvalue weighted by atomic mass is 10.0. The van der Waals surface area contributed by atoms with Crippen LogP contribution in [0.2, 0.25) is 10.0 Å². The Bertz CT molecular complexity index is 1700. The van der Waals surface area contributed by atoms with Crippen molar-refractivity contribution in [3.8, 4) is 22.7 Å². The maximum atomic E-state index is 14.2. The number of pyridine rings is 1. The smallest absolute Gasteiger partial charge is 0.417 e. The van der Waals surface area contributed by atoms with Crippen LogP contribution in [0.3, 0.4) is 0 Å². The Morgan fingerprint density at radius 1 is 1.00 bits per heavy atom. The van der Waals surface area contributed by atoms with Gasteiger partial charge in [-0.25, -0.2) is 9.67 Å². The zero-order valence-electron chi connectivity index (χ0n) is 20.0. The third-order valence-electron chi connectivity index (χ3n) is 5.98. The Labute approximate surface area is 229 Å². The highest BCUT2D eigenvalue weighted by atomic mass is 35.5. The van der Waals surface area contributed by atoms with Gasteiger partial charge in [0.1, 0.15) is 12.4 Å². The molecule has 0 N–H and O–H groups in total. The largest absolute Gasteiger partial charge is 0.489 e. The summed E-state index contributed by atoms with van der Waals surface area (Å²) in [6.45, 7) is 1.63. The number of benzene rings is 3. The number of nitrogens with zero attached hydrogens (tertiary/aromatic N) is 4. The number of hydrogen-bond donors (Lipinski definition) is 0. The van der Waals surface area contributed by atoms with Crippen molar-refractivity contribution >= 4 is 39.9 Å². The molecular formula is C27H17Cl2F3N4O3. The Kier molecular flexibility index (Phi) is 6.92. The number of ether oxygens (including phenoxy) is 1. The van der Waals surface area contributed by atoms with E-state index in [4.69, 9.17) is 27.9 Å². The number of nitro benzene ring substituents is 1. The van der Waals surface area contributed by atoms with Crippen molar-refractivity contribution in [2.75, 3.05) is 0 Å². The number of rotatable bonds is 6. The normalized spacial score (nSPS) is 11.6. The Morgan fingerprint density at radius 3 is 2.31 bits per heavy atom. The number of nitro groups is 1. The van der Waals surface area contributed by atoms with Crippen LogP contribution in [0, 0.1) is 17.0 Å². The van der Waals surface area contributed by atoms with Crippen LogP contribution < -0.4 is 4.74 Å².